The molecule has 7 heteroatoms. The first-order chi connectivity index (χ1) is 14.0. The number of benzene rings is 1. The lowest BCUT2D eigenvalue weighted by Crippen LogP contribution is -2.19. The lowest BCUT2D eigenvalue weighted by atomic mass is 9.84. The van der Waals surface area contributed by atoms with Gasteiger partial charge in [0.2, 0.25) is 12.7 Å². The Bertz CT molecular complexity index is 979. The normalized spacial score (nSPS) is 17.3. The highest BCUT2D eigenvalue weighted by Gasteiger charge is 2.28. The van der Waals surface area contributed by atoms with E-state index in [0.717, 1.165) is 36.8 Å². The van der Waals surface area contributed by atoms with Gasteiger partial charge in [0, 0.05) is 11.0 Å². The van der Waals surface area contributed by atoms with Gasteiger partial charge in [-0.25, -0.2) is 0 Å². The first-order valence-corrected chi connectivity index (χ1v) is 10.7. The number of thiophene rings is 1. The number of hydrogen-bond donors (Lipinski definition) is 2. The molecular formula is C22H24N2O4S. The predicted octanol–water partition coefficient (Wildman–Crippen LogP) is 4.13. The predicted molar refractivity (Wildman–Crippen MR) is 113 cm³/mol. The van der Waals surface area contributed by atoms with Crippen LogP contribution in [0.5, 0.6) is 11.5 Å². The van der Waals surface area contributed by atoms with E-state index < -0.39 is 5.91 Å². The Hall–Kier alpha value is -2.80. The van der Waals surface area contributed by atoms with Gasteiger partial charge in [0.05, 0.1) is 5.56 Å². The summed E-state index contributed by atoms with van der Waals surface area (Å²) < 4.78 is 10.6. The number of anilines is 1. The van der Waals surface area contributed by atoms with Gasteiger partial charge in [0.15, 0.2) is 11.5 Å². The lowest BCUT2D eigenvalue weighted by Gasteiger charge is -2.21. The summed E-state index contributed by atoms with van der Waals surface area (Å²) in [4.78, 5) is 25.7. The summed E-state index contributed by atoms with van der Waals surface area (Å²) >= 11 is 1.48. The number of amides is 2. The minimum Gasteiger partial charge on any atom is -0.454 e. The van der Waals surface area contributed by atoms with Crippen LogP contribution in [0.2, 0.25) is 0 Å². The molecule has 1 aliphatic carbocycles. The van der Waals surface area contributed by atoms with Crippen LogP contribution in [0, 0.1) is 5.92 Å². The summed E-state index contributed by atoms with van der Waals surface area (Å²) in [6, 6.07) is 5.48. The standard InChI is InChI=1S/C22H24N2O4S/c1-2-3-13-4-7-15-18(11-13)29-22(20(15)21(23)26)24-19(25)9-6-14-5-8-16-17(10-14)28-12-27-16/h5-6,8-10,13H,2-4,7,11-12H2,1H3,(H2,23,26)(H,24,25)/b9-6+. The van der Waals surface area contributed by atoms with Crippen molar-refractivity contribution in [3.8, 4) is 11.5 Å². The Morgan fingerprint density at radius 3 is 2.93 bits per heavy atom. The number of nitrogens with two attached hydrogens (primary N) is 1. The molecule has 1 unspecified atom stereocenters. The van der Waals surface area contributed by atoms with E-state index in [9.17, 15) is 9.59 Å². The molecule has 3 N–H and O–H groups in total. The summed E-state index contributed by atoms with van der Waals surface area (Å²) in [5.41, 5.74) is 7.96. The van der Waals surface area contributed by atoms with Crippen LogP contribution < -0.4 is 20.5 Å². The molecule has 152 valence electrons. The van der Waals surface area contributed by atoms with Crippen LogP contribution in [0.3, 0.4) is 0 Å². The van der Waals surface area contributed by atoms with E-state index in [4.69, 9.17) is 15.2 Å². The molecule has 0 bridgehead atoms. The molecule has 1 aromatic heterocycles. The molecule has 6 nitrogen and oxygen atoms in total. The van der Waals surface area contributed by atoms with Gasteiger partial charge in [-0.2, -0.15) is 0 Å². The molecule has 1 aromatic carbocycles. The maximum absolute atomic E-state index is 12.5. The van der Waals surface area contributed by atoms with Crippen LogP contribution in [0.1, 0.15) is 52.5 Å². The van der Waals surface area contributed by atoms with Crippen LogP contribution in [-0.4, -0.2) is 18.6 Å². The van der Waals surface area contributed by atoms with E-state index in [1.807, 2.05) is 18.2 Å². The van der Waals surface area contributed by atoms with E-state index in [0.29, 0.717) is 28.0 Å². The minimum atomic E-state index is -0.480. The molecule has 0 fully saturated rings. The monoisotopic (exact) mass is 412 g/mol. The highest BCUT2D eigenvalue weighted by molar-refractivity contribution is 7.17. The summed E-state index contributed by atoms with van der Waals surface area (Å²) in [5.74, 6) is 1.22. The molecule has 29 heavy (non-hydrogen) atoms. The molecule has 4 rings (SSSR count). The van der Waals surface area contributed by atoms with E-state index in [1.165, 1.54) is 28.7 Å². The molecular weight excluding hydrogens is 388 g/mol. The number of hydrogen-bond acceptors (Lipinski definition) is 5. The fourth-order valence-electron chi connectivity index (χ4n) is 4.00. The summed E-state index contributed by atoms with van der Waals surface area (Å²) in [7, 11) is 0. The summed E-state index contributed by atoms with van der Waals surface area (Å²) in [6.07, 6.45) is 8.35. The lowest BCUT2D eigenvalue weighted by molar-refractivity contribution is -0.111. The van der Waals surface area contributed by atoms with E-state index in [1.54, 1.807) is 6.08 Å². The van der Waals surface area contributed by atoms with Gasteiger partial charge < -0.3 is 20.5 Å². The Kier molecular flexibility index (Phi) is 5.58. The second-order valence-electron chi connectivity index (χ2n) is 7.40. The molecule has 1 atom stereocenters. The molecule has 0 radical (unpaired) electrons. The molecule has 0 saturated carbocycles. The smallest absolute Gasteiger partial charge is 0.251 e. The van der Waals surface area contributed by atoms with Gasteiger partial charge in [-0.1, -0.05) is 25.8 Å². The zero-order chi connectivity index (χ0) is 20.4. The molecule has 2 amide bonds. The van der Waals surface area contributed by atoms with Crippen LogP contribution in [0.15, 0.2) is 24.3 Å². The van der Waals surface area contributed by atoms with Crippen LogP contribution >= 0.6 is 11.3 Å². The van der Waals surface area contributed by atoms with Gasteiger partial charge in [-0.15, -0.1) is 11.3 Å². The molecule has 2 aliphatic rings. The van der Waals surface area contributed by atoms with Crippen molar-refractivity contribution in [1.29, 1.82) is 0 Å². The van der Waals surface area contributed by atoms with Gasteiger partial charge in [0.1, 0.15) is 5.00 Å². The van der Waals surface area contributed by atoms with Crippen molar-refractivity contribution in [3.63, 3.8) is 0 Å². The highest BCUT2D eigenvalue weighted by atomic mass is 32.1. The van der Waals surface area contributed by atoms with Crippen molar-refractivity contribution in [3.05, 3.63) is 45.8 Å². The fourth-order valence-corrected chi connectivity index (χ4v) is 5.37. The van der Waals surface area contributed by atoms with Gasteiger partial charge >= 0.3 is 0 Å². The Morgan fingerprint density at radius 1 is 1.31 bits per heavy atom. The highest BCUT2D eigenvalue weighted by Crippen LogP contribution is 2.40. The quantitative estimate of drug-likeness (QED) is 0.698. The van der Waals surface area contributed by atoms with Gasteiger partial charge in [-0.05, 0) is 54.5 Å². The largest absolute Gasteiger partial charge is 0.454 e. The van der Waals surface area contributed by atoms with Gasteiger partial charge in [-0.3, -0.25) is 9.59 Å². The second kappa shape index (κ2) is 8.29. The van der Waals surface area contributed by atoms with Crippen LogP contribution in [0.4, 0.5) is 5.00 Å². The number of nitrogens with one attached hydrogen (secondary N) is 1. The number of fused-ring (bicyclic) bond motifs is 2. The third-order valence-corrected chi connectivity index (χ3v) is 6.54. The molecule has 0 saturated heterocycles. The van der Waals surface area contributed by atoms with Crippen LogP contribution in [0.25, 0.3) is 6.08 Å². The van der Waals surface area contributed by atoms with E-state index >= 15 is 0 Å². The van der Waals surface area contributed by atoms with E-state index in [-0.39, 0.29) is 12.7 Å². The number of primary amides is 1. The zero-order valence-electron chi connectivity index (χ0n) is 16.3. The van der Waals surface area contributed by atoms with Crippen molar-refractivity contribution in [2.75, 3.05) is 12.1 Å². The number of carbonyl (C=O) groups excluding carboxylic acids is 2. The number of ether oxygens (including phenoxy) is 2. The first kappa shape index (κ1) is 19.5. The number of rotatable bonds is 6. The topological polar surface area (TPSA) is 90.7 Å². The molecule has 1 aliphatic heterocycles. The van der Waals surface area contributed by atoms with Crippen molar-refractivity contribution in [2.45, 2.75) is 39.0 Å². The second-order valence-corrected chi connectivity index (χ2v) is 8.51. The fraction of sp³-hybridized carbons (Fsp3) is 0.364. The summed E-state index contributed by atoms with van der Waals surface area (Å²) in [6.45, 7) is 2.40. The van der Waals surface area contributed by atoms with Crippen molar-refractivity contribution >= 4 is 34.2 Å². The van der Waals surface area contributed by atoms with Crippen molar-refractivity contribution in [2.24, 2.45) is 11.7 Å². The average Bonchev–Trinajstić information content (AvgIpc) is 3.29. The average molecular weight is 413 g/mol. The SMILES string of the molecule is CCCC1CCc2c(sc(NC(=O)/C=C/c3ccc4c(c3)OCO4)c2C(N)=O)C1. The van der Waals surface area contributed by atoms with Crippen LogP contribution in [-0.2, 0) is 17.6 Å². The molecule has 0 spiro atoms. The zero-order valence-corrected chi connectivity index (χ0v) is 17.1. The maximum atomic E-state index is 12.5. The summed E-state index contributed by atoms with van der Waals surface area (Å²) in [5, 5.41) is 3.41. The first-order valence-electron chi connectivity index (χ1n) is 9.88. The Balaban J connectivity index is 1.50. The maximum Gasteiger partial charge on any atom is 0.251 e. The Morgan fingerprint density at radius 2 is 2.14 bits per heavy atom. The Labute approximate surface area is 173 Å². The third-order valence-electron chi connectivity index (χ3n) is 5.37. The number of carbonyl (C=O) groups is 2. The molecule has 2 heterocycles. The van der Waals surface area contributed by atoms with E-state index in [2.05, 4.69) is 12.2 Å². The van der Waals surface area contributed by atoms with Crippen molar-refractivity contribution in [1.82, 2.24) is 0 Å². The molecule has 2 aromatic rings. The third kappa shape index (κ3) is 4.15. The minimum absolute atomic E-state index is 0.209. The van der Waals surface area contributed by atoms with Gasteiger partial charge in [0.25, 0.3) is 5.91 Å². The van der Waals surface area contributed by atoms with Crippen molar-refractivity contribution < 1.29 is 19.1 Å².